The van der Waals surface area contributed by atoms with Crippen LogP contribution in [0.4, 0.5) is 0 Å². The average molecular weight is 290 g/mol. The van der Waals surface area contributed by atoms with Gasteiger partial charge in [-0.1, -0.05) is 32.0 Å². The Hall–Kier alpha value is -1.55. The number of benzene rings is 1. The molecule has 1 atom stereocenters. The zero-order valence-electron chi connectivity index (χ0n) is 13.0. The predicted molar refractivity (Wildman–Crippen MR) is 84.1 cm³/mol. The third kappa shape index (κ3) is 4.21. The van der Waals surface area contributed by atoms with Gasteiger partial charge in [0.05, 0.1) is 5.92 Å². The first kappa shape index (κ1) is 15.8. The molecule has 4 heteroatoms. The van der Waals surface area contributed by atoms with E-state index in [1.807, 2.05) is 35.2 Å². The highest BCUT2D eigenvalue weighted by molar-refractivity contribution is 5.79. The summed E-state index contributed by atoms with van der Waals surface area (Å²) in [4.78, 5) is 14.4. The van der Waals surface area contributed by atoms with Crippen LogP contribution < -0.4 is 10.5 Å². The van der Waals surface area contributed by atoms with Crippen LogP contribution in [0, 0.1) is 11.8 Å². The molecule has 1 amide bonds. The van der Waals surface area contributed by atoms with Gasteiger partial charge in [-0.05, 0) is 18.1 Å². The number of rotatable bonds is 5. The first-order valence-corrected chi connectivity index (χ1v) is 7.82. The van der Waals surface area contributed by atoms with E-state index in [2.05, 4.69) is 13.8 Å². The van der Waals surface area contributed by atoms with E-state index in [0.717, 1.165) is 31.7 Å². The molecule has 1 aromatic rings. The van der Waals surface area contributed by atoms with Gasteiger partial charge in [-0.15, -0.1) is 0 Å². The maximum Gasteiger partial charge on any atom is 0.227 e. The molecule has 1 saturated heterocycles. The van der Waals surface area contributed by atoms with Crippen LogP contribution in [0.3, 0.4) is 0 Å². The summed E-state index contributed by atoms with van der Waals surface area (Å²) in [6.07, 6.45) is 1.97. The molecule has 1 aliphatic rings. The number of carbonyl (C=O) groups excluding carboxylic acids is 1. The topological polar surface area (TPSA) is 55.6 Å². The SMILES string of the molecule is CC(C)C(CN)C(=O)N1CCC(Oc2ccccc2)CC1. The number of likely N-dealkylation sites (tertiary alicyclic amines) is 1. The molecule has 21 heavy (non-hydrogen) atoms. The van der Waals surface area contributed by atoms with Gasteiger partial charge in [0.2, 0.25) is 5.91 Å². The number of carbonyl (C=O) groups is 1. The Morgan fingerprint density at radius 1 is 1.29 bits per heavy atom. The van der Waals surface area contributed by atoms with E-state index in [4.69, 9.17) is 10.5 Å². The molecule has 116 valence electrons. The molecule has 2 N–H and O–H groups in total. The van der Waals surface area contributed by atoms with Gasteiger partial charge in [0.1, 0.15) is 11.9 Å². The Kier molecular flexibility index (Phi) is 5.62. The van der Waals surface area contributed by atoms with Crippen molar-refractivity contribution in [2.45, 2.75) is 32.8 Å². The van der Waals surface area contributed by atoms with Gasteiger partial charge < -0.3 is 15.4 Å². The number of amides is 1. The molecular formula is C17H26N2O2. The zero-order chi connectivity index (χ0) is 15.2. The molecule has 1 fully saturated rings. The third-order valence-corrected chi connectivity index (χ3v) is 4.18. The molecule has 0 bridgehead atoms. The summed E-state index contributed by atoms with van der Waals surface area (Å²) < 4.78 is 5.95. The van der Waals surface area contributed by atoms with Gasteiger partial charge in [0.15, 0.2) is 0 Å². The fourth-order valence-corrected chi connectivity index (χ4v) is 2.78. The fraction of sp³-hybridized carbons (Fsp3) is 0.588. The van der Waals surface area contributed by atoms with E-state index < -0.39 is 0 Å². The molecule has 0 spiro atoms. The van der Waals surface area contributed by atoms with E-state index in [9.17, 15) is 4.79 Å². The van der Waals surface area contributed by atoms with E-state index >= 15 is 0 Å². The summed E-state index contributed by atoms with van der Waals surface area (Å²) in [6, 6.07) is 9.87. The zero-order valence-corrected chi connectivity index (χ0v) is 13.0. The summed E-state index contributed by atoms with van der Waals surface area (Å²) in [6.45, 7) is 6.07. The van der Waals surface area contributed by atoms with Gasteiger partial charge >= 0.3 is 0 Å². The van der Waals surface area contributed by atoms with E-state index in [1.165, 1.54) is 0 Å². The fourth-order valence-electron chi connectivity index (χ4n) is 2.78. The van der Waals surface area contributed by atoms with Crippen LogP contribution in [0.1, 0.15) is 26.7 Å². The highest BCUT2D eigenvalue weighted by Gasteiger charge is 2.29. The van der Waals surface area contributed by atoms with Crippen LogP contribution in [0.2, 0.25) is 0 Å². The molecule has 0 aromatic heterocycles. The van der Waals surface area contributed by atoms with Crippen molar-refractivity contribution in [3.05, 3.63) is 30.3 Å². The summed E-state index contributed by atoms with van der Waals surface area (Å²) in [7, 11) is 0. The van der Waals surface area contributed by atoms with E-state index in [0.29, 0.717) is 12.5 Å². The largest absolute Gasteiger partial charge is 0.490 e. The Labute approximate surface area is 127 Å². The van der Waals surface area contributed by atoms with Gasteiger partial charge in [0, 0.05) is 32.5 Å². The smallest absolute Gasteiger partial charge is 0.227 e. The Bertz CT molecular complexity index is 439. The van der Waals surface area contributed by atoms with Crippen molar-refractivity contribution in [3.63, 3.8) is 0 Å². The van der Waals surface area contributed by atoms with Crippen molar-refractivity contribution in [1.82, 2.24) is 4.90 Å². The minimum absolute atomic E-state index is 0.0587. The summed E-state index contributed by atoms with van der Waals surface area (Å²) in [5, 5.41) is 0. The molecule has 1 unspecified atom stereocenters. The van der Waals surface area contributed by atoms with Crippen molar-refractivity contribution >= 4 is 5.91 Å². The van der Waals surface area contributed by atoms with Crippen LogP contribution >= 0.6 is 0 Å². The summed E-state index contributed by atoms with van der Waals surface area (Å²) in [5.41, 5.74) is 5.74. The number of ether oxygens (including phenoxy) is 1. The number of nitrogens with two attached hydrogens (primary N) is 1. The highest BCUT2D eigenvalue weighted by atomic mass is 16.5. The lowest BCUT2D eigenvalue weighted by Crippen LogP contribution is -2.47. The Morgan fingerprint density at radius 3 is 2.43 bits per heavy atom. The van der Waals surface area contributed by atoms with Crippen molar-refractivity contribution in [3.8, 4) is 5.75 Å². The number of hydrogen-bond acceptors (Lipinski definition) is 3. The first-order chi connectivity index (χ1) is 10.1. The van der Waals surface area contributed by atoms with Gasteiger partial charge in [-0.3, -0.25) is 4.79 Å². The molecule has 0 saturated carbocycles. The van der Waals surface area contributed by atoms with Gasteiger partial charge in [0.25, 0.3) is 0 Å². The average Bonchev–Trinajstić information content (AvgIpc) is 2.49. The Morgan fingerprint density at radius 2 is 1.90 bits per heavy atom. The third-order valence-electron chi connectivity index (χ3n) is 4.18. The van der Waals surface area contributed by atoms with Crippen LogP contribution in [-0.2, 0) is 4.79 Å². The molecule has 0 aliphatic carbocycles. The second kappa shape index (κ2) is 7.46. The van der Waals surface area contributed by atoms with Gasteiger partial charge in [-0.2, -0.15) is 0 Å². The lowest BCUT2D eigenvalue weighted by atomic mass is 9.93. The second-order valence-corrected chi connectivity index (χ2v) is 6.04. The van der Waals surface area contributed by atoms with Crippen molar-refractivity contribution < 1.29 is 9.53 Å². The minimum atomic E-state index is -0.0587. The number of nitrogens with zero attached hydrogens (tertiary/aromatic N) is 1. The lowest BCUT2D eigenvalue weighted by molar-refractivity contribution is -0.138. The molecule has 1 aromatic carbocycles. The molecule has 1 aliphatic heterocycles. The predicted octanol–water partition coefficient (Wildman–Crippen LogP) is 2.29. The minimum Gasteiger partial charge on any atom is -0.490 e. The summed E-state index contributed by atoms with van der Waals surface area (Å²) >= 11 is 0. The van der Waals surface area contributed by atoms with E-state index in [-0.39, 0.29) is 17.9 Å². The monoisotopic (exact) mass is 290 g/mol. The molecule has 0 radical (unpaired) electrons. The standard InChI is InChI=1S/C17H26N2O2/c1-13(2)16(12-18)17(20)19-10-8-15(9-11-19)21-14-6-4-3-5-7-14/h3-7,13,15-16H,8-12,18H2,1-2H3. The van der Waals surface area contributed by atoms with Crippen LogP contribution in [0.15, 0.2) is 30.3 Å². The van der Waals surface area contributed by atoms with Gasteiger partial charge in [-0.25, -0.2) is 0 Å². The molecule has 1 heterocycles. The normalized spacial score (nSPS) is 17.8. The van der Waals surface area contributed by atoms with Crippen LogP contribution in [-0.4, -0.2) is 36.5 Å². The quantitative estimate of drug-likeness (QED) is 0.905. The lowest BCUT2D eigenvalue weighted by Gasteiger charge is -2.35. The maximum atomic E-state index is 12.4. The first-order valence-electron chi connectivity index (χ1n) is 7.82. The molecule has 2 rings (SSSR count). The van der Waals surface area contributed by atoms with Crippen LogP contribution in [0.5, 0.6) is 5.75 Å². The number of hydrogen-bond donors (Lipinski definition) is 1. The number of piperidine rings is 1. The second-order valence-electron chi connectivity index (χ2n) is 6.04. The van der Waals surface area contributed by atoms with E-state index in [1.54, 1.807) is 0 Å². The Balaban J connectivity index is 1.84. The highest BCUT2D eigenvalue weighted by Crippen LogP contribution is 2.21. The maximum absolute atomic E-state index is 12.4. The summed E-state index contributed by atoms with van der Waals surface area (Å²) in [5.74, 6) is 1.34. The van der Waals surface area contributed by atoms with Crippen LogP contribution in [0.25, 0.3) is 0 Å². The van der Waals surface area contributed by atoms with Crippen molar-refractivity contribution in [1.29, 1.82) is 0 Å². The molecule has 4 nitrogen and oxygen atoms in total. The van der Waals surface area contributed by atoms with Crippen molar-refractivity contribution in [2.75, 3.05) is 19.6 Å². The number of para-hydroxylation sites is 1. The molecular weight excluding hydrogens is 264 g/mol. The van der Waals surface area contributed by atoms with Crippen molar-refractivity contribution in [2.24, 2.45) is 17.6 Å².